The van der Waals surface area contributed by atoms with E-state index in [2.05, 4.69) is 20.5 Å². The van der Waals surface area contributed by atoms with Gasteiger partial charge in [0.15, 0.2) is 16.6 Å². The van der Waals surface area contributed by atoms with E-state index in [4.69, 9.17) is 0 Å². The van der Waals surface area contributed by atoms with Crippen LogP contribution in [0.1, 0.15) is 18.4 Å². The van der Waals surface area contributed by atoms with Crippen molar-refractivity contribution in [1.82, 2.24) is 24.9 Å². The van der Waals surface area contributed by atoms with Gasteiger partial charge >= 0.3 is 0 Å². The van der Waals surface area contributed by atoms with Crippen molar-refractivity contribution in [1.29, 1.82) is 0 Å². The van der Waals surface area contributed by atoms with E-state index in [9.17, 15) is 14.0 Å². The minimum absolute atomic E-state index is 0.123. The lowest BCUT2D eigenvalue weighted by Gasteiger charge is -2.18. The van der Waals surface area contributed by atoms with Crippen LogP contribution >= 0.6 is 11.3 Å². The number of nitrogens with zero attached hydrogens (tertiary/aromatic N) is 5. The maximum atomic E-state index is 14.1. The molecule has 0 bridgehead atoms. The monoisotopic (exact) mass is 436 g/mol. The summed E-state index contributed by atoms with van der Waals surface area (Å²) in [6.45, 7) is 1.55. The molecule has 0 spiro atoms. The Bertz CT molecular complexity index is 1280. The number of carbonyl (C=O) groups excluding carboxylic acids is 2. The number of benzene rings is 1. The Labute approximate surface area is 180 Å². The number of anilines is 2. The van der Waals surface area contributed by atoms with Crippen molar-refractivity contribution in [3.63, 3.8) is 0 Å². The number of fused-ring (bicyclic) bond motifs is 1. The number of nitrogens with one attached hydrogen (secondary N) is 1. The van der Waals surface area contributed by atoms with Crippen molar-refractivity contribution in [3.8, 4) is 0 Å². The van der Waals surface area contributed by atoms with E-state index in [1.807, 2.05) is 24.4 Å². The summed E-state index contributed by atoms with van der Waals surface area (Å²) < 4.78 is 15.9. The molecule has 0 aliphatic heterocycles. The fourth-order valence-corrected chi connectivity index (χ4v) is 3.74. The lowest BCUT2D eigenvalue weighted by atomic mass is 10.3. The second-order valence-corrected chi connectivity index (χ2v) is 7.29. The maximum absolute atomic E-state index is 14.1. The summed E-state index contributed by atoms with van der Waals surface area (Å²) >= 11 is 1.18. The molecule has 3 heterocycles. The molecule has 0 aliphatic carbocycles. The third-order valence-corrected chi connectivity index (χ3v) is 5.16. The van der Waals surface area contributed by atoms with Crippen LogP contribution in [0.5, 0.6) is 0 Å². The summed E-state index contributed by atoms with van der Waals surface area (Å²) in [6.07, 6.45) is 4.68. The molecule has 0 saturated carbocycles. The topological polar surface area (TPSA) is 92.5 Å². The summed E-state index contributed by atoms with van der Waals surface area (Å²) in [5.41, 5.74) is 1.30. The summed E-state index contributed by atoms with van der Waals surface area (Å²) in [5.74, 6) is -0.617. The Balaban J connectivity index is 1.43. The maximum Gasteiger partial charge on any atom is 0.244 e. The van der Waals surface area contributed by atoms with Crippen molar-refractivity contribution >= 4 is 45.7 Å². The molecule has 156 valence electrons. The Hall–Kier alpha value is -3.92. The average Bonchev–Trinajstić information content (AvgIpc) is 3.39. The van der Waals surface area contributed by atoms with Crippen LogP contribution in [0.2, 0.25) is 0 Å². The predicted molar refractivity (Wildman–Crippen MR) is 115 cm³/mol. The third-order valence-electron chi connectivity index (χ3n) is 4.32. The van der Waals surface area contributed by atoms with Gasteiger partial charge in [0.1, 0.15) is 5.82 Å². The highest BCUT2D eigenvalue weighted by atomic mass is 32.1. The van der Waals surface area contributed by atoms with Gasteiger partial charge in [0.05, 0.1) is 17.9 Å². The molecule has 3 aromatic heterocycles. The fourth-order valence-electron chi connectivity index (χ4n) is 2.89. The van der Waals surface area contributed by atoms with Crippen LogP contribution in [-0.2, 0) is 16.1 Å². The van der Waals surface area contributed by atoms with Gasteiger partial charge in [-0.3, -0.25) is 18.9 Å². The predicted octanol–water partition coefficient (Wildman–Crippen LogP) is 3.34. The lowest BCUT2D eigenvalue weighted by molar-refractivity contribution is -0.117. The molecular weight excluding hydrogens is 419 g/mol. The van der Waals surface area contributed by atoms with Gasteiger partial charge in [-0.2, -0.15) is 0 Å². The van der Waals surface area contributed by atoms with Gasteiger partial charge in [0.2, 0.25) is 11.8 Å². The van der Waals surface area contributed by atoms with Crippen molar-refractivity contribution in [2.75, 3.05) is 4.90 Å². The quantitative estimate of drug-likeness (QED) is 0.468. The zero-order valence-electron chi connectivity index (χ0n) is 16.4. The smallest absolute Gasteiger partial charge is 0.244 e. The highest BCUT2D eigenvalue weighted by Gasteiger charge is 2.20. The van der Waals surface area contributed by atoms with Gasteiger partial charge in [-0.05, 0) is 30.3 Å². The molecular formula is C21H17FN6O2S. The second kappa shape index (κ2) is 8.84. The largest absolute Gasteiger partial charge is 0.345 e. The van der Waals surface area contributed by atoms with E-state index >= 15 is 0 Å². The van der Waals surface area contributed by atoms with Crippen molar-refractivity contribution < 1.29 is 14.0 Å². The zero-order valence-corrected chi connectivity index (χ0v) is 17.2. The van der Waals surface area contributed by atoms with Crippen LogP contribution in [0.3, 0.4) is 0 Å². The molecule has 0 aliphatic rings. The Morgan fingerprint density at radius 2 is 2.00 bits per heavy atom. The minimum Gasteiger partial charge on any atom is -0.345 e. The van der Waals surface area contributed by atoms with Crippen LogP contribution in [0, 0.1) is 5.82 Å². The number of thiazole rings is 1. The molecule has 1 aromatic carbocycles. The Morgan fingerprint density at radius 1 is 1.19 bits per heavy atom. The first-order chi connectivity index (χ1) is 15.0. The number of amides is 2. The number of halogens is 1. The molecule has 0 saturated heterocycles. The molecule has 1 N–H and O–H groups in total. The first-order valence-electron chi connectivity index (χ1n) is 9.28. The van der Waals surface area contributed by atoms with Crippen molar-refractivity contribution in [2.45, 2.75) is 13.5 Å². The van der Waals surface area contributed by atoms with E-state index < -0.39 is 5.82 Å². The molecule has 4 aromatic rings. The molecule has 4 rings (SSSR count). The van der Waals surface area contributed by atoms with Gasteiger partial charge in [-0.1, -0.05) is 18.2 Å². The lowest BCUT2D eigenvalue weighted by Crippen LogP contribution is -2.23. The number of hydrogen-bond donors (Lipinski definition) is 1. The highest BCUT2D eigenvalue weighted by molar-refractivity contribution is 7.14. The van der Waals surface area contributed by atoms with Crippen LogP contribution in [0.15, 0.2) is 60.1 Å². The summed E-state index contributed by atoms with van der Waals surface area (Å²) in [5, 5.41) is 12.8. The molecule has 0 unspecified atom stereocenters. The van der Waals surface area contributed by atoms with Gasteiger partial charge in [0.25, 0.3) is 0 Å². The number of hydrogen-bond acceptors (Lipinski definition) is 6. The molecule has 10 heteroatoms. The Kier molecular flexibility index (Phi) is 5.80. The average molecular weight is 436 g/mol. The van der Waals surface area contributed by atoms with E-state index in [1.54, 1.807) is 21.9 Å². The van der Waals surface area contributed by atoms with E-state index in [-0.39, 0.29) is 24.0 Å². The van der Waals surface area contributed by atoms with Crippen molar-refractivity contribution in [2.24, 2.45) is 0 Å². The van der Waals surface area contributed by atoms with Crippen LogP contribution in [0.25, 0.3) is 11.7 Å². The van der Waals surface area contributed by atoms with Gasteiger partial charge < -0.3 is 5.32 Å². The first-order valence-corrected chi connectivity index (χ1v) is 10.2. The van der Waals surface area contributed by atoms with Crippen LogP contribution in [0.4, 0.5) is 15.2 Å². The molecule has 0 atom stereocenters. The number of aromatic nitrogens is 4. The number of para-hydroxylation sites is 1. The van der Waals surface area contributed by atoms with Crippen molar-refractivity contribution in [3.05, 3.63) is 77.5 Å². The molecule has 8 nitrogen and oxygen atoms in total. The molecule has 0 fully saturated rings. The van der Waals surface area contributed by atoms with E-state index in [1.165, 1.54) is 47.4 Å². The van der Waals surface area contributed by atoms with Crippen LogP contribution < -0.4 is 10.2 Å². The van der Waals surface area contributed by atoms with Gasteiger partial charge in [-0.15, -0.1) is 21.5 Å². The summed E-state index contributed by atoms with van der Waals surface area (Å²) in [7, 11) is 0. The molecule has 2 amide bonds. The number of rotatable bonds is 6. The van der Waals surface area contributed by atoms with E-state index in [0.29, 0.717) is 22.3 Å². The number of carbonyl (C=O) groups is 2. The van der Waals surface area contributed by atoms with Crippen LogP contribution in [-0.4, -0.2) is 31.4 Å². The van der Waals surface area contributed by atoms with Gasteiger partial charge in [-0.25, -0.2) is 9.37 Å². The molecule has 31 heavy (non-hydrogen) atoms. The highest BCUT2D eigenvalue weighted by Crippen LogP contribution is 2.30. The summed E-state index contributed by atoms with van der Waals surface area (Å²) in [6, 6.07) is 11.5. The molecule has 0 radical (unpaired) electrons. The minimum atomic E-state index is -0.523. The Morgan fingerprint density at radius 3 is 2.81 bits per heavy atom. The standard InChI is InChI=1S/C21H17FN6O2S/c1-14(29)28(17-7-3-2-6-16(17)22)21-24-15(13-31-21)9-10-20(30)23-12-19-26-25-18-8-4-5-11-27(18)19/h2-11,13H,12H2,1H3,(H,23,30)/b10-9+. The third kappa shape index (κ3) is 4.48. The summed E-state index contributed by atoms with van der Waals surface area (Å²) in [4.78, 5) is 29.8. The van der Waals surface area contributed by atoms with E-state index in [0.717, 1.165) is 0 Å². The second-order valence-electron chi connectivity index (χ2n) is 6.46. The fraction of sp³-hybridized carbons (Fsp3) is 0.0952. The SMILES string of the molecule is CC(=O)N(c1nc(/C=C/C(=O)NCc2nnc3ccccn23)cs1)c1ccccc1F. The van der Waals surface area contributed by atoms with Gasteiger partial charge in [0, 0.05) is 24.6 Å². The number of pyridine rings is 1. The zero-order chi connectivity index (χ0) is 21.8. The normalized spacial score (nSPS) is 11.2. The first kappa shape index (κ1) is 20.4.